The van der Waals surface area contributed by atoms with Gasteiger partial charge in [-0.15, -0.1) is 0 Å². The number of rotatable bonds is 14. The molecule has 1 saturated carbocycles. The molecule has 0 radical (unpaired) electrons. The Labute approximate surface area is 161 Å². The van der Waals surface area contributed by atoms with E-state index < -0.39 is 12.1 Å². The number of aliphatic hydroxyl groups is 1. The predicted molar refractivity (Wildman–Crippen MR) is 105 cm³/mol. The number of carbonyl (C=O) groups excluding carboxylic acids is 1. The molecule has 0 spiro atoms. The van der Waals surface area contributed by atoms with Crippen molar-refractivity contribution < 1.29 is 19.8 Å². The van der Waals surface area contributed by atoms with Gasteiger partial charge in [0.2, 0.25) is 5.91 Å². The zero-order chi connectivity index (χ0) is 18.8. The number of thioether (sulfide) groups is 1. The molecule has 2 atom stereocenters. The second-order valence-electron chi connectivity index (χ2n) is 7.46. The molecule has 0 aromatic carbocycles. The average Bonchev–Trinajstić information content (AvgIpc) is 3.38. The quantitative estimate of drug-likeness (QED) is 0.355. The Bertz CT molecular complexity index is 478. The first-order valence-corrected chi connectivity index (χ1v) is 11.2. The number of allylic oxidation sites excluding steroid dienone is 1. The molecule has 1 amide bonds. The van der Waals surface area contributed by atoms with Crippen LogP contribution < -0.4 is 0 Å². The molecule has 6 heteroatoms. The number of unbranched alkanes of at least 4 members (excludes halogenated alkanes) is 3. The van der Waals surface area contributed by atoms with Crippen LogP contribution in [-0.4, -0.2) is 57.2 Å². The van der Waals surface area contributed by atoms with Gasteiger partial charge < -0.3 is 15.1 Å². The molecular weight excluding hydrogens is 350 g/mol. The van der Waals surface area contributed by atoms with Gasteiger partial charge in [-0.2, -0.15) is 11.8 Å². The van der Waals surface area contributed by atoms with Gasteiger partial charge in [-0.25, -0.2) is 4.79 Å². The molecule has 0 aromatic rings. The molecule has 148 valence electrons. The highest BCUT2D eigenvalue weighted by Gasteiger charge is 2.28. The third-order valence-corrected chi connectivity index (χ3v) is 6.21. The molecule has 1 unspecified atom stereocenters. The number of hydrogen-bond donors (Lipinski definition) is 2. The molecule has 1 aliphatic heterocycles. The number of hydrogen-bond acceptors (Lipinski definition) is 4. The predicted octanol–water partition coefficient (Wildman–Crippen LogP) is 3.46. The minimum absolute atomic E-state index is 0.218. The van der Waals surface area contributed by atoms with Crippen LogP contribution in [0.3, 0.4) is 0 Å². The molecule has 1 saturated heterocycles. The van der Waals surface area contributed by atoms with E-state index in [2.05, 4.69) is 12.2 Å². The van der Waals surface area contributed by atoms with Crippen molar-refractivity contribution in [1.29, 1.82) is 0 Å². The van der Waals surface area contributed by atoms with Crippen LogP contribution in [0, 0.1) is 5.92 Å². The number of carboxylic acid groups (broad SMARTS) is 1. The summed E-state index contributed by atoms with van der Waals surface area (Å²) in [6.07, 6.45) is 14.3. The topological polar surface area (TPSA) is 77.8 Å². The van der Waals surface area contributed by atoms with Gasteiger partial charge in [-0.1, -0.05) is 44.3 Å². The van der Waals surface area contributed by atoms with Crippen molar-refractivity contribution in [3.8, 4) is 0 Å². The van der Waals surface area contributed by atoms with Crippen molar-refractivity contribution in [2.24, 2.45) is 5.92 Å². The number of amides is 1. The number of aliphatic hydroxyl groups excluding tert-OH is 1. The van der Waals surface area contributed by atoms with E-state index >= 15 is 0 Å². The van der Waals surface area contributed by atoms with Crippen molar-refractivity contribution in [3.05, 3.63) is 12.2 Å². The first-order valence-electron chi connectivity index (χ1n) is 10.0. The van der Waals surface area contributed by atoms with Crippen LogP contribution in [-0.2, 0) is 9.59 Å². The Morgan fingerprint density at radius 1 is 1.23 bits per heavy atom. The Hall–Kier alpha value is -1.01. The van der Waals surface area contributed by atoms with Crippen molar-refractivity contribution in [2.75, 3.05) is 18.1 Å². The molecule has 1 heterocycles. The smallest absolute Gasteiger partial charge is 0.332 e. The first-order chi connectivity index (χ1) is 12.6. The van der Waals surface area contributed by atoms with Crippen LogP contribution in [0.1, 0.15) is 64.2 Å². The largest absolute Gasteiger partial charge is 0.479 e. The van der Waals surface area contributed by atoms with Crippen LogP contribution in [0.15, 0.2) is 12.2 Å². The van der Waals surface area contributed by atoms with Crippen molar-refractivity contribution in [1.82, 2.24) is 4.90 Å². The van der Waals surface area contributed by atoms with E-state index in [-0.39, 0.29) is 18.4 Å². The highest BCUT2D eigenvalue weighted by Crippen LogP contribution is 2.34. The van der Waals surface area contributed by atoms with E-state index in [1.807, 2.05) is 4.90 Å². The fourth-order valence-corrected chi connectivity index (χ4v) is 4.28. The molecule has 2 aliphatic rings. The van der Waals surface area contributed by atoms with Gasteiger partial charge in [-0.05, 0) is 37.4 Å². The minimum Gasteiger partial charge on any atom is -0.479 e. The molecule has 2 fully saturated rings. The van der Waals surface area contributed by atoms with Crippen molar-refractivity contribution in [2.45, 2.75) is 76.4 Å². The van der Waals surface area contributed by atoms with Gasteiger partial charge in [0.25, 0.3) is 0 Å². The van der Waals surface area contributed by atoms with Gasteiger partial charge >= 0.3 is 5.97 Å². The van der Waals surface area contributed by atoms with Gasteiger partial charge in [-0.3, -0.25) is 4.79 Å². The fraction of sp³-hybridized carbons (Fsp3) is 0.800. The van der Waals surface area contributed by atoms with E-state index in [9.17, 15) is 14.7 Å². The van der Waals surface area contributed by atoms with E-state index in [1.54, 1.807) is 11.8 Å². The maximum Gasteiger partial charge on any atom is 0.332 e. The van der Waals surface area contributed by atoms with E-state index in [0.29, 0.717) is 18.7 Å². The second-order valence-corrected chi connectivity index (χ2v) is 8.68. The number of likely N-dealkylation sites (tertiary alicyclic amines) is 1. The third kappa shape index (κ3) is 8.12. The monoisotopic (exact) mass is 383 g/mol. The standard InChI is InChI=1S/C20H33NO4S/c22-18(20(24)25)12-14-26-15-13-21-17(10-11-19(21)23)7-5-3-1-2-4-6-16-8-9-16/h5,7,16-18,22H,1-4,6,8-15H2,(H,24,25)/t17-,18?/m0/s1. The van der Waals surface area contributed by atoms with Crippen LogP contribution in [0.5, 0.6) is 0 Å². The van der Waals surface area contributed by atoms with E-state index in [0.717, 1.165) is 24.5 Å². The Morgan fingerprint density at radius 2 is 2.04 bits per heavy atom. The highest BCUT2D eigenvalue weighted by atomic mass is 32.2. The summed E-state index contributed by atoms with van der Waals surface area (Å²) in [6, 6.07) is 0.221. The Balaban J connectivity index is 1.56. The van der Waals surface area contributed by atoms with Crippen molar-refractivity contribution >= 4 is 23.6 Å². The summed E-state index contributed by atoms with van der Waals surface area (Å²) in [6.45, 7) is 0.697. The summed E-state index contributed by atoms with van der Waals surface area (Å²) in [7, 11) is 0. The fourth-order valence-electron chi connectivity index (χ4n) is 3.36. The zero-order valence-corrected chi connectivity index (χ0v) is 16.5. The van der Waals surface area contributed by atoms with Crippen LogP contribution in [0.2, 0.25) is 0 Å². The first kappa shape index (κ1) is 21.3. The molecule has 1 aliphatic carbocycles. The summed E-state index contributed by atoms with van der Waals surface area (Å²) >= 11 is 1.59. The normalized spacial score (nSPS) is 21.7. The van der Waals surface area contributed by atoms with E-state index in [4.69, 9.17) is 5.11 Å². The summed E-state index contributed by atoms with van der Waals surface area (Å²) in [5, 5.41) is 17.9. The van der Waals surface area contributed by atoms with Gasteiger partial charge in [0.15, 0.2) is 6.10 Å². The maximum absolute atomic E-state index is 12.1. The number of aliphatic carboxylic acids is 1. The average molecular weight is 384 g/mol. The number of nitrogens with zero attached hydrogens (tertiary/aromatic N) is 1. The van der Waals surface area contributed by atoms with Gasteiger partial charge in [0.05, 0.1) is 6.04 Å². The molecule has 5 nitrogen and oxygen atoms in total. The molecular formula is C20H33NO4S. The van der Waals surface area contributed by atoms with Crippen LogP contribution in [0.25, 0.3) is 0 Å². The minimum atomic E-state index is -1.28. The highest BCUT2D eigenvalue weighted by molar-refractivity contribution is 7.99. The summed E-state index contributed by atoms with van der Waals surface area (Å²) in [5.74, 6) is 1.46. The summed E-state index contributed by atoms with van der Waals surface area (Å²) in [5.41, 5.74) is 0. The summed E-state index contributed by atoms with van der Waals surface area (Å²) < 4.78 is 0. The van der Waals surface area contributed by atoms with Crippen LogP contribution in [0.4, 0.5) is 0 Å². The Morgan fingerprint density at radius 3 is 2.77 bits per heavy atom. The van der Waals surface area contributed by atoms with E-state index in [1.165, 1.54) is 38.5 Å². The van der Waals surface area contributed by atoms with Crippen molar-refractivity contribution in [3.63, 3.8) is 0 Å². The number of carboxylic acids is 1. The molecule has 26 heavy (non-hydrogen) atoms. The zero-order valence-electron chi connectivity index (χ0n) is 15.6. The maximum atomic E-state index is 12.1. The lowest BCUT2D eigenvalue weighted by Gasteiger charge is -2.22. The molecule has 0 bridgehead atoms. The van der Waals surface area contributed by atoms with Crippen LogP contribution >= 0.6 is 11.8 Å². The lowest BCUT2D eigenvalue weighted by molar-refractivity contribution is -0.146. The molecule has 2 rings (SSSR count). The lowest BCUT2D eigenvalue weighted by Crippen LogP contribution is -2.33. The lowest BCUT2D eigenvalue weighted by atomic mass is 10.1. The Kier molecular flexibility index (Phi) is 9.54. The van der Waals surface area contributed by atoms with Gasteiger partial charge in [0.1, 0.15) is 0 Å². The number of carbonyl (C=O) groups is 2. The second kappa shape index (κ2) is 11.7. The van der Waals surface area contributed by atoms with Gasteiger partial charge in [0, 0.05) is 18.7 Å². The third-order valence-electron chi connectivity index (χ3n) is 5.21. The molecule has 0 aromatic heterocycles. The summed E-state index contributed by atoms with van der Waals surface area (Å²) in [4.78, 5) is 24.6. The molecule has 2 N–H and O–H groups in total. The SMILES string of the molecule is O=C(O)C(O)CCSCCN1C(=O)CC[C@@H]1C=CCCCCCC1CC1.